The molecule has 0 bridgehead atoms. The maximum Gasteiger partial charge on any atom is 0.193 e. The van der Waals surface area contributed by atoms with E-state index in [-0.39, 0.29) is 5.41 Å². The van der Waals surface area contributed by atoms with Crippen LogP contribution in [0.15, 0.2) is 29.3 Å². The third-order valence-electron chi connectivity index (χ3n) is 3.43. The van der Waals surface area contributed by atoms with E-state index in [1.165, 1.54) is 5.56 Å². The van der Waals surface area contributed by atoms with Crippen LogP contribution in [0.3, 0.4) is 0 Å². The maximum atomic E-state index is 5.95. The zero-order chi connectivity index (χ0) is 17.0. The number of hydrogen-bond acceptors (Lipinski definition) is 3. The number of guanidine groups is 1. The van der Waals surface area contributed by atoms with Gasteiger partial charge in [0.2, 0.25) is 0 Å². The molecule has 0 aliphatic carbocycles. The van der Waals surface area contributed by atoms with E-state index in [0.717, 1.165) is 11.5 Å². The van der Waals surface area contributed by atoms with Crippen molar-refractivity contribution >= 4 is 11.6 Å². The quantitative estimate of drug-likeness (QED) is 0.597. The molecule has 23 heavy (non-hydrogen) atoms. The summed E-state index contributed by atoms with van der Waals surface area (Å²) in [5.74, 6) is 2.31. The van der Waals surface area contributed by atoms with Gasteiger partial charge in [0.25, 0.3) is 0 Å². The van der Waals surface area contributed by atoms with Crippen LogP contribution in [-0.2, 0) is 12.0 Å². The molecule has 6 nitrogen and oxygen atoms in total. The first-order valence-electron chi connectivity index (χ1n) is 7.84. The lowest BCUT2D eigenvalue weighted by Crippen LogP contribution is -2.22. The molecule has 0 unspecified atom stereocenters. The second kappa shape index (κ2) is 6.81. The van der Waals surface area contributed by atoms with E-state index < -0.39 is 0 Å². The first kappa shape index (κ1) is 17.0. The molecule has 0 amide bonds. The van der Waals surface area contributed by atoms with E-state index in [4.69, 9.17) is 5.73 Å². The largest absolute Gasteiger partial charge is 0.370 e. The number of nitrogens with zero attached hydrogens (tertiary/aromatic N) is 3. The molecular weight excluding hydrogens is 288 g/mol. The molecular formula is C17H26N6. The first-order chi connectivity index (χ1) is 10.8. The summed E-state index contributed by atoms with van der Waals surface area (Å²) in [6.45, 7) is 10.9. The van der Waals surface area contributed by atoms with Gasteiger partial charge in [0.05, 0.1) is 0 Å². The number of H-pyrrole nitrogens is 1. The average Bonchev–Trinajstić information content (AvgIpc) is 2.94. The van der Waals surface area contributed by atoms with Crippen LogP contribution in [0.4, 0.5) is 5.69 Å². The number of nitrogens with one attached hydrogen (secondary N) is 2. The van der Waals surface area contributed by atoms with Gasteiger partial charge in [0, 0.05) is 11.1 Å². The van der Waals surface area contributed by atoms with Crippen LogP contribution in [0.2, 0.25) is 0 Å². The van der Waals surface area contributed by atoms with Crippen LogP contribution in [0.1, 0.15) is 57.7 Å². The number of aromatic nitrogens is 3. The Labute approximate surface area is 137 Å². The lowest BCUT2D eigenvalue weighted by Gasteiger charge is -2.11. The molecule has 1 heterocycles. The van der Waals surface area contributed by atoms with E-state index in [1.54, 1.807) is 0 Å². The van der Waals surface area contributed by atoms with Crippen molar-refractivity contribution in [1.29, 1.82) is 0 Å². The van der Waals surface area contributed by atoms with Crippen LogP contribution >= 0.6 is 0 Å². The normalized spacial score (nSPS) is 12.7. The monoisotopic (exact) mass is 314 g/mol. The van der Waals surface area contributed by atoms with Gasteiger partial charge < -0.3 is 11.1 Å². The summed E-state index contributed by atoms with van der Waals surface area (Å²) in [5.41, 5.74) is 8.06. The van der Waals surface area contributed by atoms with Crippen molar-refractivity contribution in [3.8, 4) is 0 Å². The lowest BCUT2D eigenvalue weighted by molar-refractivity contribution is 0.547. The van der Waals surface area contributed by atoms with Gasteiger partial charge >= 0.3 is 0 Å². The Bertz CT molecular complexity index is 678. The zero-order valence-electron chi connectivity index (χ0n) is 14.5. The summed E-state index contributed by atoms with van der Waals surface area (Å²) >= 11 is 0. The molecule has 1 aromatic carbocycles. The van der Waals surface area contributed by atoms with E-state index in [9.17, 15) is 0 Å². The van der Waals surface area contributed by atoms with E-state index in [2.05, 4.69) is 72.2 Å². The van der Waals surface area contributed by atoms with Gasteiger partial charge in [-0.3, -0.25) is 5.10 Å². The van der Waals surface area contributed by atoms with E-state index >= 15 is 0 Å². The Morgan fingerprint density at radius 2 is 2.09 bits per heavy atom. The van der Waals surface area contributed by atoms with Crippen molar-refractivity contribution in [2.24, 2.45) is 10.7 Å². The number of nitrogens with two attached hydrogens (primary N) is 1. The Balaban J connectivity index is 2.00. The number of anilines is 1. The Morgan fingerprint density at radius 3 is 2.70 bits per heavy atom. The highest BCUT2D eigenvalue weighted by atomic mass is 15.2. The van der Waals surface area contributed by atoms with Crippen molar-refractivity contribution in [3.05, 3.63) is 41.5 Å². The fraction of sp³-hybridized carbons (Fsp3) is 0.471. The number of rotatable bonds is 4. The minimum absolute atomic E-state index is 0.0838. The maximum absolute atomic E-state index is 5.95. The minimum Gasteiger partial charge on any atom is -0.370 e. The van der Waals surface area contributed by atoms with Gasteiger partial charge in [-0.15, -0.1) is 0 Å². The molecule has 0 aliphatic rings. The predicted octanol–water partition coefficient (Wildman–Crippen LogP) is 3.15. The molecule has 0 spiro atoms. The standard InChI is InChI=1S/C17H26N6/c1-11(2)12-7-6-8-13(9-12)20-16(18)19-10-14-21-15(23-22-14)17(3,4)5/h6-9,11H,10H2,1-5H3,(H3,18,19,20)(H,21,22,23). The number of benzene rings is 1. The highest BCUT2D eigenvalue weighted by Crippen LogP contribution is 2.19. The van der Waals surface area contributed by atoms with Crippen molar-refractivity contribution < 1.29 is 0 Å². The fourth-order valence-corrected chi connectivity index (χ4v) is 2.02. The topological polar surface area (TPSA) is 92.0 Å². The van der Waals surface area contributed by atoms with Crippen LogP contribution in [0.25, 0.3) is 0 Å². The summed E-state index contributed by atoms with van der Waals surface area (Å²) in [6.07, 6.45) is 0. The van der Waals surface area contributed by atoms with Crippen molar-refractivity contribution in [3.63, 3.8) is 0 Å². The lowest BCUT2D eigenvalue weighted by atomic mass is 9.96. The second-order valence-corrected chi connectivity index (χ2v) is 6.96. The smallest absolute Gasteiger partial charge is 0.193 e. The summed E-state index contributed by atoms with van der Waals surface area (Å²) in [6, 6.07) is 8.17. The summed E-state index contributed by atoms with van der Waals surface area (Å²) < 4.78 is 0. The molecule has 2 rings (SSSR count). The highest BCUT2D eigenvalue weighted by molar-refractivity contribution is 5.92. The SMILES string of the molecule is CC(C)c1cccc(NC(N)=NCc2nc(C(C)(C)C)n[nH]2)c1. The minimum atomic E-state index is -0.0838. The van der Waals surface area contributed by atoms with Gasteiger partial charge in [-0.2, -0.15) is 5.10 Å². The molecule has 0 radical (unpaired) electrons. The predicted molar refractivity (Wildman–Crippen MR) is 94.6 cm³/mol. The van der Waals surface area contributed by atoms with E-state index in [1.807, 2.05) is 12.1 Å². The van der Waals surface area contributed by atoms with Gasteiger partial charge in [-0.25, -0.2) is 9.98 Å². The zero-order valence-corrected chi connectivity index (χ0v) is 14.5. The van der Waals surface area contributed by atoms with Gasteiger partial charge in [0.15, 0.2) is 11.8 Å². The van der Waals surface area contributed by atoms with Crippen molar-refractivity contribution in [2.45, 2.75) is 52.5 Å². The van der Waals surface area contributed by atoms with Gasteiger partial charge in [-0.1, -0.05) is 46.8 Å². The molecule has 0 saturated heterocycles. The number of aromatic amines is 1. The molecule has 1 aromatic heterocycles. The molecule has 6 heteroatoms. The van der Waals surface area contributed by atoms with Gasteiger partial charge in [-0.05, 0) is 23.6 Å². The third kappa shape index (κ3) is 4.81. The molecule has 0 saturated carbocycles. The van der Waals surface area contributed by atoms with Crippen molar-refractivity contribution in [1.82, 2.24) is 15.2 Å². The molecule has 0 aliphatic heterocycles. The Morgan fingerprint density at radius 1 is 1.35 bits per heavy atom. The summed E-state index contributed by atoms with van der Waals surface area (Å²) in [7, 11) is 0. The third-order valence-corrected chi connectivity index (χ3v) is 3.43. The summed E-state index contributed by atoms with van der Waals surface area (Å²) in [5, 5.41) is 10.2. The van der Waals surface area contributed by atoms with Crippen LogP contribution in [-0.4, -0.2) is 21.1 Å². The van der Waals surface area contributed by atoms with Crippen molar-refractivity contribution in [2.75, 3.05) is 5.32 Å². The Hall–Kier alpha value is -2.37. The highest BCUT2D eigenvalue weighted by Gasteiger charge is 2.19. The first-order valence-corrected chi connectivity index (χ1v) is 7.84. The van der Waals surface area contributed by atoms with Crippen LogP contribution in [0.5, 0.6) is 0 Å². The molecule has 0 atom stereocenters. The summed E-state index contributed by atoms with van der Waals surface area (Å²) in [4.78, 5) is 8.75. The molecule has 124 valence electrons. The fourth-order valence-electron chi connectivity index (χ4n) is 2.02. The van der Waals surface area contributed by atoms with E-state index in [0.29, 0.717) is 24.2 Å². The van der Waals surface area contributed by atoms with Gasteiger partial charge in [0.1, 0.15) is 12.4 Å². The Kier molecular flexibility index (Phi) is 5.03. The number of aliphatic imine (C=N–C) groups is 1. The second-order valence-electron chi connectivity index (χ2n) is 6.96. The number of hydrogen-bond donors (Lipinski definition) is 3. The molecule has 2 aromatic rings. The molecule has 0 fully saturated rings. The average molecular weight is 314 g/mol. The van der Waals surface area contributed by atoms with Crippen LogP contribution in [0, 0.1) is 0 Å². The molecule has 4 N–H and O–H groups in total. The van der Waals surface area contributed by atoms with Crippen LogP contribution < -0.4 is 11.1 Å².